The lowest BCUT2D eigenvalue weighted by Crippen LogP contribution is -2.25. The maximum absolute atomic E-state index is 13.0. The van der Waals surface area contributed by atoms with Crippen LogP contribution >= 0.6 is 0 Å². The highest BCUT2D eigenvalue weighted by atomic mass is 19.4. The lowest BCUT2D eigenvalue weighted by atomic mass is 10.1. The van der Waals surface area contributed by atoms with Gasteiger partial charge in [-0.15, -0.1) is 0 Å². The summed E-state index contributed by atoms with van der Waals surface area (Å²) in [4.78, 5) is 25.4. The summed E-state index contributed by atoms with van der Waals surface area (Å²) in [7, 11) is 1.72. The monoisotopic (exact) mass is 430 g/mol. The van der Waals surface area contributed by atoms with Gasteiger partial charge in [-0.2, -0.15) is 18.3 Å². The van der Waals surface area contributed by atoms with Crippen molar-refractivity contribution in [3.8, 4) is 22.5 Å². The molecule has 4 aromatic rings. The number of pyridine rings is 2. The summed E-state index contributed by atoms with van der Waals surface area (Å²) in [5, 5.41) is 14.0. The smallest absolute Gasteiger partial charge is 0.392 e. The quantitative estimate of drug-likeness (QED) is 0.535. The number of rotatable bonds is 4. The second kappa shape index (κ2) is 7.58. The zero-order valence-corrected chi connectivity index (χ0v) is 16.5. The molecule has 4 heterocycles. The van der Waals surface area contributed by atoms with Crippen molar-refractivity contribution < 1.29 is 18.3 Å². The molecule has 4 rings (SSSR count). The van der Waals surface area contributed by atoms with E-state index in [0.29, 0.717) is 22.3 Å². The second-order valence-electron chi connectivity index (χ2n) is 7.14. The molecule has 0 aliphatic heterocycles. The van der Waals surface area contributed by atoms with Crippen molar-refractivity contribution in [3.05, 3.63) is 59.2 Å². The third-order valence-corrected chi connectivity index (χ3v) is 4.60. The number of hydrogen-bond acceptors (Lipinski definition) is 6. The predicted octanol–water partition coefficient (Wildman–Crippen LogP) is 2.65. The topological polar surface area (TPSA) is 98.7 Å². The van der Waals surface area contributed by atoms with Crippen molar-refractivity contribution in [2.45, 2.75) is 25.7 Å². The molecule has 0 amide bonds. The summed E-state index contributed by atoms with van der Waals surface area (Å²) in [6.07, 6.45) is 0.316. The van der Waals surface area contributed by atoms with Gasteiger partial charge in [0.2, 0.25) is 0 Å². The molecular weight excluding hydrogens is 413 g/mol. The lowest BCUT2D eigenvalue weighted by molar-refractivity contribution is -0.141. The van der Waals surface area contributed by atoms with Gasteiger partial charge in [-0.3, -0.25) is 19.0 Å². The molecule has 160 valence electrons. The fourth-order valence-electron chi connectivity index (χ4n) is 3.19. The molecule has 0 radical (unpaired) electrons. The van der Waals surface area contributed by atoms with Gasteiger partial charge in [0, 0.05) is 30.6 Å². The van der Waals surface area contributed by atoms with Gasteiger partial charge in [0.15, 0.2) is 0 Å². The SMILES string of the molecule is CC(O)Cn1cnc2c(-c3cnn(C)c3)nc(-c3ccc(C(F)(F)F)nc3)cc2c1=O. The van der Waals surface area contributed by atoms with Crippen LogP contribution in [0.25, 0.3) is 33.4 Å². The molecule has 1 N–H and O–H groups in total. The van der Waals surface area contributed by atoms with E-state index < -0.39 is 23.5 Å². The number of aryl methyl sites for hydroxylation is 1. The normalized spacial score (nSPS) is 13.0. The van der Waals surface area contributed by atoms with Crippen molar-refractivity contribution in [3.63, 3.8) is 0 Å². The van der Waals surface area contributed by atoms with Gasteiger partial charge in [0.1, 0.15) is 16.9 Å². The minimum atomic E-state index is -4.56. The van der Waals surface area contributed by atoms with E-state index in [-0.39, 0.29) is 17.6 Å². The number of aromatic nitrogens is 6. The highest BCUT2D eigenvalue weighted by molar-refractivity contribution is 5.93. The molecule has 0 spiro atoms. The van der Waals surface area contributed by atoms with Gasteiger partial charge in [-0.05, 0) is 25.1 Å². The van der Waals surface area contributed by atoms with Crippen LogP contribution in [-0.2, 0) is 19.8 Å². The molecular formula is C20H17F3N6O2. The molecule has 8 nitrogen and oxygen atoms in total. The van der Waals surface area contributed by atoms with Gasteiger partial charge >= 0.3 is 6.18 Å². The first-order valence-electron chi connectivity index (χ1n) is 9.24. The van der Waals surface area contributed by atoms with Crippen LogP contribution < -0.4 is 5.56 Å². The average molecular weight is 430 g/mol. The van der Waals surface area contributed by atoms with Crippen molar-refractivity contribution in [1.82, 2.24) is 29.3 Å². The highest BCUT2D eigenvalue weighted by Gasteiger charge is 2.32. The standard InChI is InChI=1S/C20H17F3N6O2/c1-11(30)8-29-10-25-18-14(19(29)31)5-15(27-17(18)13-7-26-28(2)9-13)12-3-4-16(24-6-12)20(21,22)23/h3-7,9-11,30H,8H2,1-2H3. The number of aliphatic hydroxyl groups excluding tert-OH is 1. The summed E-state index contributed by atoms with van der Waals surface area (Å²) in [5.74, 6) is 0. The Labute approximate surface area is 173 Å². The average Bonchev–Trinajstić information content (AvgIpc) is 3.15. The Kier molecular flexibility index (Phi) is 5.05. The first-order chi connectivity index (χ1) is 14.6. The van der Waals surface area contributed by atoms with Crippen molar-refractivity contribution in [1.29, 1.82) is 0 Å². The van der Waals surface area contributed by atoms with E-state index in [2.05, 4.69) is 20.1 Å². The van der Waals surface area contributed by atoms with Crippen LogP contribution in [0.4, 0.5) is 13.2 Å². The van der Waals surface area contributed by atoms with Crippen LogP contribution in [-0.4, -0.2) is 40.5 Å². The Morgan fingerprint density at radius 3 is 2.52 bits per heavy atom. The second-order valence-corrected chi connectivity index (χ2v) is 7.14. The minimum Gasteiger partial charge on any atom is -0.392 e. The summed E-state index contributed by atoms with van der Waals surface area (Å²) in [6.45, 7) is 1.59. The Hall–Kier alpha value is -3.60. The summed E-state index contributed by atoms with van der Waals surface area (Å²) < 4.78 is 41.4. The Balaban J connectivity index is 1.95. The molecule has 1 atom stereocenters. The first kappa shape index (κ1) is 20.7. The van der Waals surface area contributed by atoms with Gasteiger partial charge in [0.25, 0.3) is 5.56 Å². The zero-order chi connectivity index (χ0) is 22.3. The van der Waals surface area contributed by atoms with Gasteiger partial charge in [-0.25, -0.2) is 9.97 Å². The van der Waals surface area contributed by atoms with E-state index in [4.69, 9.17) is 0 Å². The van der Waals surface area contributed by atoms with E-state index in [9.17, 15) is 23.1 Å². The van der Waals surface area contributed by atoms with Crippen LogP contribution in [0.15, 0.2) is 47.9 Å². The first-order valence-corrected chi connectivity index (χ1v) is 9.24. The molecule has 0 saturated carbocycles. The largest absolute Gasteiger partial charge is 0.433 e. The van der Waals surface area contributed by atoms with Crippen LogP contribution in [0.5, 0.6) is 0 Å². The van der Waals surface area contributed by atoms with E-state index in [1.807, 2.05) is 0 Å². The minimum absolute atomic E-state index is 0.0451. The van der Waals surface area contributed by atoms with E-state index >= 15 is 0 Å². The Morgan fingerprint density at radius 2 is 1.94 bits per heavy atom. The molecule has 31 heavy (non-hydrogen) atoms. The Bertz CT molecular complexity index is 1310. The van der Waals surface area contributed by atoms with Crippen molar-refractivity contribution >= 4 is 10.9 Å². The fourth-order valence-corrected chi connectivity index (χ4v) is 3.19. The van der Waals surface area contributed by atoms with Gasteiger partial charge in [0.05, 0.1) is 36.3 Å². The summed E-state index contributed by atoms with van der Waals surface area (Å²) in [5.41, 5.74) is 0.427. The molecule has 0 fully saturated rings. The number of aliphatic hydroxyl groups is 1. The van der Waals surface area contributed by atoms with Gasteiger partial charge < -0.3 is 5.11 Å². The summed E-state index contributed by atoms with van der Waals surface area (Å²) >= 11 is 0. The van der Waals surface area contributed by atoms with Crippen LogP contribution in [0.2, 0.25) is 0 Å². The number of nitrogens with zero attached hydrogens (tertiary/aromatic N) is 6. The zero-order valence-electron chi connectivity index (χ0n) is 16.5. The van der Waals surface area contributed by atoms with Crippen LogP contribution in [0.3, 0.4) is 0 Å². The predicted molar refractivity (Wildman–Crippen MR) is 106 cm³/mol. The molecule has 0 bridgehead atoms. The van der Waals surface area contributed by atoms with Crippen molar-refractivity contribution in [2.24, 2.45) is 7.05 Å². The third kappa shape index (κ3) is 4.04. The highest BCUT2D eigenvalue weighted by Crippen LogP contribution is 2.31. The van der Waals surface area contributed by atoms with Crippen molar-refractivity contribution in [2.75, 3.05) is 0 Å². The third-order valence-electron chi connectivity index (χ3n) is 4.60. The molecule has 4 aromatic heterocycles. The number of alkyl halides is 3. The molecule has 0 saturated heterocycles. The molecule has 0 aliphatic carbocycles. The Morgan fingerprint density at radius 1 is 1.16 bits per heavy atom. The molecule has 0 aromatic carbocycles. The van der Waals surface area contributed by atoms with Gasteiger partial charge in [-0.1, -0.05) is 0 Å². The van der Waals surface area contributed by atoms with Crippen LogP contribution in [0, 0.1) is 0 Å². The number of hydrogen-bond donors (Lipinski definition) is 1. The molecule has 1 unspecified atom stereocenters. The van der Waals surface area contributed by atoms with E-state index in [1.165, 1.54) is 23.0 Å². The molecule has 11 heteroatoms. The fraction of sp³-hybridized carbons (Fsp3) is 0.250. The maximum atomic E-state index is 13.0. The summed E-state index contributed by atoms with van der Waals surface area (Å²) in [6, 6.07) is 3.58. The maximum Gasteiger partial charge on any atom is 0.433 e. The van der Waals surface area contributed by atoms with E-state index in [1.54, 1.807) is 31.0 Å². The van der Waals surface area contributed by atoms with Crippen LogP contribution in [0.1, 0.15) is 12.6 Å². The number of halogens is 3. The number of fused-ring (bicyclic) bond motifs is 1. The lowest BCUT2D eigenvalue weighted by Gasteiger charge is -2.12. The van der Waals surface area contributed by atoms with E-state index in [0.717, 1.165) is 12.3 Å². The molecule has 0 aliphatic rings.